The molecule has 0 aliphatic carbocycles. The molecule has 0 amide bonds. The molecule has 90 valence electrons. The van der Waals surface area contributed by atoms with Gasteiger partial charge in [0.2, 0.25) is 0 Å². The third kappa shape index (κ3) is 1.41. The summed E-state index contributed by atoms with van der Waals surface area (Å²) in [6.45, 7) is 0.466. The highest BCUT2D eigenvalue weighted by Crippen LogP contribution is 2.22. The Kier molecular flexibility index (Phi) is 2.13. The number of hydrogen-bond donors (Lipinski definition) is 1. The number of aromatic nitrogens is 4. The molecular formula is C9H10N4O4. The van der Waals surface area contributed by atoms with Crippen molar-refractivity contribution >= 4 is 11.2 Å². The topological polar surface area (TPSA) is 91.1 Å². The van der Waals surface area contributed by atoms with Crippen molar-refractivity contribution in [2.45, 2.75) is 12.6 Å². The van der Waals surface area contributed by atoms with Crippen LogP contribution in [-0.2, 0) is 16.8 Å². The molecule has 3 heterocycles. The van der Waals surface area contributed by atoms with Crippen LogP contribution in [0.3, 0.4) is 0 Å². The van der Waals surface area contributed by atoms with E-state index in [1.54, 1.807) is 11.6 Å². The molecular weight excluding hydrogens is 228 g/mol. The molecule has 1 fully saturated rings. The van der Waals surface area contributed by atoms with Gasteiger partial charge in [-0.3, -0.25) is 18.9 Å². The first kappa shape index (κ1) is 10.2. The van der Waals surface area contributed by atoms with Gasteiger partial charge in [0.05, 0.1) is 12.9 Å². The van der Waals surface area contributed by atoms with Crippen molar-refractivity contribution < 1.29 is 9.78 Å². The van der Waals surface area contributed by atoms with E-state index in [0.717, 1.165) is 0 Å². The van der Waals surface area contributed by atoms with Crippen LogP contribution in [0.5, 0.6) is 0 Å². The van der Waals surface area contributed by atoms with Gasteiger partial charge in [0.15, 0.2) is 17.4 Å². The Morgan fingerprint density at radius 2 is 2.35 bits per heavy atom. The average molecular weight is 238 g/mol. The van der Waals surface area contributed by atoms with Gasteiger partial charge in [-0.25, -0.2) is 19.6 Å². The Bertz CT molecular complexity index is 676. The summed E-state index contributed by atoms with van der Waals surface area (Å²) in [6, 6.07) is 0. The fourth-order valence-electron chi connectivity index (χ4n) is 1.88. The normalized spacial score (nSPS) is 20.2. The second-order valence-corrected chi connectivity index (χ2v) is 3.80. The predicted octanol–water partition coefficient (Wildman–Crippen LogP) is -0.726. The zero-order valence-electron chi connectivity index (χ0n) is 9.04. The first-order valence-corrected chi connectivity index (χ1v) is 5.12. The molecule has 8 heteroatoms. The molecule has 0 saturated carbocycles. The second kappa shape index (κ2) is 3.54. The van der Waals surface area contributed by atoms with E-state index in [1.807, 2.05) is 0 Å². The van der Waals surface area contributed by atoms with Crippen molar-refractivity contribution in [3.05, 3.63) is 27.2 Å². The van der Waals surface area contributed by atoms with Crippen LogP contribution >= 0.6 is 0 Å². The summed E-state index contributed by atoms with van der Waals surface area (Å²) in [4.78, 5) is 39.2. The maximum atomic E-state index is 11.8. The molecule has 0 bridgehead atoms. The van der Waals surface area contributed by atoms with Crippen molar-refractivity contribution in [3.8, 4) is 0 Å². The lowest BCUT2D eigenvalue weighted by Gasteiger charge is -2.08. The van der Waals surface area contributed by atoms with Gasteiger partial charge in [0.1, 0.15) is 0 Å². The number of aryl methyl sites for hydroxylation is 1. The monoisotopic (exact) mass is 238 g/mol. The van der Waals surface area contributed by atoms with E-state index in [-0.39, 0.29) is 6.23 Å². The molecule has 1 N–H and O–H groups in total. The van der Waals surface area contributed by atoms with Gasteiger partial charge in [0.25, 0.3) is 5.56 Å². The highest BCUT2D eigenvalue weighted by atomic mass is 17.2. The van der Waals surface area contributed by atoms with Crippen LogP contribution in [0.15, 0.2) is 15.9 Å². The Balaban J connectivity index is 2.32. The lowest BCUT2D eigenvalue weighted by molar-refractivity contribution is -0.290. The third-order valence-corrected chi connectivity index (χ3v) is 2.77. The van der Waals surface area contributed by atoms with Gasteiger partial charge in [-0.2, -0.15) is 0 Å². The second-order valence-electron chi connectivity index (χ2n) is 3.80. The maximum absolute atomic E-state index is 11.8. The molecule has 17 heavy (non-hydrogen) atoms. The van der Waals surface area contributed by atoms with Crippen molar-refractivity contribution in [1.29, 1.82) is 0 Å². The lowest BCUT2D eigenvalue weighted by Crippen LogP contribution is -2.29. The summed E-state index contributed by atoms with van der Waals surface area (Å²) < 4.78 is 2.85. The van der Waals surface area contributed by atoms with E-state index in [1.165, 1.54) is 10.9 Å². The fourth-order valence-corrected chi connectivity index (χ4v) is 1.88. The van der Waals surface area contributed by atoms with Crippen LogP contribution in [0.2, 0.25) is 0 Å². The van der Waals surface area contributed by atoms with E-state index < -0.39 is 11.2 Å². The number of aromatic amines is 1. The number of rotatable bonds is 1. The highest BCUT2D eigenvalue weighted by molar-refractivity contribution is 5.69. The molecule has 0 spiro atoms. The van der Waals surface area contributed by atoms with Crippen LogP contribution < -0.4 is 11.2 Å². The largest absolute Gasteiger partial charge is 0.329 e. The summed E-state index contributed by atoms with van der Waals surface area (Å²) in [5, 5.41) is 0. The summed E-state index contributed by atoms with van der Waals surface area (Å²) in [7, 11) is 1.55. The Labute approximate surface area is 94.3 Å². The predicted molar refractivity (Wildman–Crippen MR) is 56.3 cm³/mol. The molecule has 1 aliphatic rings. The molecule has 1 saturated heterocycles. The molecule has 0 aromatic carbocycles. The van der Waals surface area contributed by atoms with Gasteiger partial charge < -0.3 is 0 Å². The Morgan fingerprint density at radius 1 is 1.53 bits per heavy atom. The van der Waals surface area contributed by atoms with Crippen LogP contribution in [0.25, 0.3) is 11.2 Å². The van der Waals surface area contributed by atoms with Crippen LogP contribution in [-0.4, -0.2) is 25.7 Å². The molecule has 0 radical (unpaired) electrons. The first-order valence-electron chi connectivity index (χ1n) is 5.12. The van der Waals surface area contributed by atoms with Gasteiger partial charge in [0, 0.05) is 13.5 Å². The number of H-pyrrole nitrogens is 1. The summed E-state index contributed by atoms with van der Waals surface area (Å²) in [6.07, 6.45) is 1.73. The fraction of sp³-hybridized carbons (Fsp3) is 0.444. The first-order chi connectivity index (χ1) is 8.18. The van der Waals surface area contributed by atoms with Crippen LogP contribution in [0, 0.1) is 0 Å². The number of nitrogens with zero attached hydrogens (tertiary/aromatic N) is 3. The number of nitrogens with one attached hydrogen (secondary N) is 1. The van der Waals surface area contributed by atoms with Crippen molar-refractivity contribution in [2.24, 2.45) is 7.05 Å². The Hall–Kier alpha value is -1.93. The zero-order valence-corrected chi connectivity index (χ0v) is 9.04. The molecule has 3 rings (SSSR count). The van der Waals surface area contributed by atoms with Gasteiger partial charge in [-0.05, 0) is 0 Å². The standard InChI is InChI=1S/C9H10N4O4/c1-12-7-6(8(14)11-9(12)15)13(4-10-7)5-2-3-16-17-5/h4-5H,2-3H2,1H3,(H,11,14,15). The molecule has 2 aromatic rings. The molecule has 2 aromatic heterocycles. The quantitative estimate of drug-likeness (QED) is 0.661. The van der Waals surface area contributed by atoms with Gasteiger partial charge >= 0.3 is 5.69 Å². The SMILES string of the molecule is Cn1c(=O)[nH]c(=O)c2c1ncn2C1CCOO1. The minimum absolute atomic E-state index is 0.308. The van der Waals surface area contributed by atoms with Crippen LogP contribution in [0.1, 0.15) is 12.6 Å². The van der Waals surface area contributed by atoms with E-state index in [9.17, 15) is 9.59 Å². The van der Waals surface area contributed by atoms with Crippen LogP contribution in [0.4, 0.5) is 0 Å². The van der Waals surface area contributed by atoms with E-state index in [2.05, 4.69) is 9.97 Å². The number of fused-ring (bicyclic) bond motifs is 1. The van der Waals surface area contributed by atoms with E-state index in [4.69, 9.17) is 9.78 Å². The van der Waals surface area contributed by atoms with Crippen molar-refractivity contribution in [2.75, 3.05) is 6.61 Å². The van der Waals surface area contributed by atoms with Crippen molar-refractivity contribution in [1.82, 2.24) is 19.1 Å². The Morgan fingerprint density at radius 3 is 3.06 bits per heavy atom. The molecule has 1 aliphatic heterocycles. The maximum Gasteiger partial charge on any atom is 0.329 e. The number of imidazole rings is 1. The van der Waals surface area contributed by atoms with Crippen molar-refractivity contribution in [3.63, 3.8) is 0 Å². The molecule has 1 unspecified atom stereocenters. The van der Waals surface area contributed by atoms with E-state index >= 15 is 0 Å². The lowest BCUT2D eigenvalue weighted by atomic mass is 10.4. The summed E-state index contributed by atoms with van der Waals surface area (Å²) >= 11 is 0. The molecule has 8 nitrogen and oxygen atoms in total. The molecule has 1 atom stereocenters. The smallest absolute Gasteiger partial charge is 0.295 e. The third-order valence-electron chi connectivity index (χ3n) is 2.77. The van der Waals surface area contributed by atoms with Gasteiger partial charge in [-0.1, -0.05) is 0 Å². The highest BCUT2D eigenvalue weighted by Gasteiger charge is 2.23. The van der Waals surface area contributed by atoms with E-state index in [0.29, 0.717) is 24.2 Å². The summed E-state index contributed by atoms with van der Waals surface area (Å²) in [5.74, 6) is 0. The number of hydrogen-bond acceptors (Lipinski definition) is 5. The average Bonchev–Trinajstić information content (AvgIpc) is 2.94. The van der Waals surface area contributed by atoms with Gasteiger partial charge in [-0.15, -0.1) is 0 Å². The summed E-state index contributed by atoms with van der Waals surface area (Å²) in [5.41, 5.74) is -0.329. The zero-order chi connectivity index (χ0) is 12.0. The minimum atomic E-state index is -0.489. The minimum Gasteiger partial charge on any atom is -0.295 e.